The van der Waals surface area contributed by atoms with Crippen LogP contribution in [0.15, 0.2) is 54.2 Å². The summed E-state index contributed by atoms with van der Waals surface area (Å²) in [5.74, 6) is 0.923. The lowest BCUT2D eigenvalue weighted by molar-refractivity contribution is 0.0980. The van der Waals surface area contributed by atoms with Crippen LogP contribution in [0.1, 0.15) is 41.1 Å². The number of nitrogens with zero attached hydrogens (tertiary/aromatic N) is 4. The monoisotopic (exact) mass is 419 g/mol. The van der Waals surface area contributed by atoms with E-state index in [1.165, 1.54) is 11.3 Å². The number of thiophene rings is 1. The lowest BCUT2D eigenvalue weighted by atomic mass is 10.1. The number of carbonyl (C=O) groups is 1. The number of nitrogens with one attached hydrogen (secondary N) is 1. The van der Waals surface area contributed by atoms with Crippen molar-refractivity contribution in [1.82, 2.24) is 19.9 Å². The molecule has 4 rings (SSSR count). The van der Waals surface area contributed by atoms with Crippen molar-refractivity contribution in [3.05, 3.63) is 71.1 Å². The van der Waals surface area contributed by atoms with Crippen LogP contribution in [0, 0.1) is 0 Å². The molecule has 1 N–H and O–H groups in total. The van der Waals surface area contributed by atoms with Gasteiger partial charge in [0, 0.05) is 24.4 Å². The van der Waals surface area contributed by atoms with Gasteiger partial charge in [-0.05, 0) is 43.0 Å². The maximum absolute atomic E-state index is 13.1. The number of Topliss-reactive ketones (excluding diaryl/α,β-unsaturated/α-hetero) is 1. The molecule has 0 saturated heterocycles. The standard InChI is InChI=1S/C22H21N5O2S/c1-14(16-7-3-4-11-23-16)25-22-26-17-10-13-30-20(17)19(27-22)18(28)9-8-15-6-5-12-24-21(15)29-2/h3-7,10-14H,8-9H2,1-2H3,(H,25,26,27)/t14-/m0/s1. The van der Waals surface area contributed by atoms with Crippen LogP contribution in [0.3, 0.4) is 0 Å². The third kappa shape index (κ3) is 4.28. The van der Waals surface area contributed by atoms with E-state index in [-0.39, 0.29) is 11.8 Å². The van der Waals surface area contributed by atoms with E-state index in [1.54, 1.807) is 19.5 Å². The van der Waals surface area contributed by atoms with Crippen molar-refractivity contribution in [2.75, 3.05) is 12.4 Å². The van der Waals surface area contributed by atoms with Gasteiger partial charge in [-0.15, -0.1) is 11.3 Å². The van der Waals surface area contributed by atoms with Gasteiger partial charge in [0.05, 0.1) is 29.1 Å². The number of fused-ring (bicyclic) bond motifs is 1. The molecule has 0 aliphatic rings. The third-order valence-corrected chi connectivity index (χ3v) is 5.62. The number of carbonyl (C=O) groups excluding carboxylic acids is 1. The highest BCUT2D eigenvalue weighted by Gasteiger charge is 2.18. The third-order valence-electron chi connectivity index (χ3n) is 4.71. The van der Waals surface area contributed by atoms with E-state index in [0.717, 1.165) is 21.5 Å². The number of methoxy groups -OCH3 is 1. The van der Waals surface area contributed by atoms with Gasteiger partial charge in [-0.25, -0.2) is 15.0 Å². The van der Waals surface area contributed by atoms with Crippen LogP contribution in [0.2, 0.25) is 0 Å². The molecule has 152 valence electrons. The van der Waals surface area contributed by atoms with Crippen molar-refractivity contribution >= 4 is 33.3 Å². The Morgan fingerprint density at radius 2 is 2.00 bits per heavy atom. The number of hydrogen-bond donors (Lipinski definition) is 1. The number of ether oxygens (including phenoxy) is 1. The van der Waals surface area contributed by atoms with Crippen molar-refractivity contribution in [2.45, 2.75) is 25.8 Å². The molecule has 8 heteroatoms. The van der Waals surface area contributed by atoms with Gasteiger partial charge in [0.25, 0.3) is 0 Å². The summed E-state index contributed by atoms with van der Waals surface area (Å²) >= 11 is 1.47. The molecule has 0 spiro atoms. The normalized spacial score (nSPS) is 11.9. The Hall–Kier alpha value is -3.39. The molecule has 0 amide bonds. The molecule has 4 heterocycles. The number of ketones is 1. The smallest absolute Gasteiger partial charge is 0.224 e. The second kappa shape index (κ2) is 8.96. The van der Waals surface area contributed by atoms with Gasteiger partial charge in [0.15, 0.2) is 5.78 Å². The first-order chi connectivity index (χ1) is 14.7. The SMILES string of the molecule is COc1ncccc1CCC(=O)c1nc(N[C@@H](C)c2ccccn2)nc2ccsc12. The number of rotatable bonds is 8. The summed E-state index contributed by atoms with van der Waals surface area (Å²) in [6.45, 7) is 1.99. The van der Waals surface area contributed by atoms with E-state index >= 15 is 0 Å². The maximum atomic E-state index is 13.1. The molecule has 0 fully saturated rings. The summed E-state index contributed by atoms with van der Waals surface area (Å²) in [4.78, 5) is 30.7. The molecule has 0 aromatic carbocycles. The van der Waals surface area contributed by atoms with E-state index in [1.807, 2.05) is 48.7 Å². The highest BCUT2D eigenvalue weighted by atomic mass is 32.1. The molecular formula is C22H21N5O2S. The minimum absolute atomic E-state index is 0.0377. The quantitative estimate of drug-likeness (QED) is 0.421. The van der Waals surface area contributed by atoms with Crippen molar-refractivity contribution in [2.24, 2.45) is 0 Å². The average Bonchev–Trinajstić information content (AvgIpc) is 3.26. The molecule has 0 radical (unpaired) electrons. The molecule has 4 aromatic rings. The van der Waals surface area contributed by atoms with Crippen molar-refractivity contribution in [3.63, 3.8) is 0 Å². The molecular weight excluding hydrogens is 398 g/mol. The molecule has 4 aromatic heterocycles. The second-order valence-corrected chi connectivity index (χ2v) is 7.66. The van der Waals surface area contributed by atoms with E-state index < -0.39 is 0 Å². The summed E-state index contributed by atoms with van der Waals surface area (Å²) in [5, 5.41) is 5.19. The van der Waals surface area contributed by atoms with Gasteiger partial charge in [-0.1, -0.05) is 12.1 Å². The Bertz CT molecular complexity index is 1160. The fourth-order valence-corrected chi connectivity index (χ4v) is 4.02. The Kier molecular flexibility index (Phi) is 5.94. The Morgan fingerprint density at radius 3 is 2.80 bits per heavy atom. The minimum atomic E-state index is -0.0927. The summed E-state index contributed by atoms with van der Waals surface area (Å²) in [6, 6.07) is 11.3. The fourth-order valence-electron chi connectivity index (χ4n) is 3.18. The second-order valence-electron chi connectivity index (χ2n) is 6.75. The van der Waals surface area contributed by atoms with Crippen LogP contribution in [0.5, 0.6) is 5.88 Å². The fraction of sp³-hybridized carbons (Fsp3) is 0.227. The zero-order chi connectivity index (χ0) is 20.9. The van der Waals surface area contributed by atoms with Crippen LogP contribution in [-0.4, -0.2) is 32.8 Å². The molecule has 0 bridgehead atoms. The summed E-state index contributed by atoms with van der Waals surface area (Å²) < 4.78 is 6.08. The average molecular weight is 420 g/mol. The first kappa shape index (κ1) is 19.9. The Labute approximate surface area is 178 Å². The Balaban J connectivity index is 1.57. The number of aryl methyl sites for hydroxylation is 1. The number of hydrogen-bond acceptors (Lipinski definition) is 8. The lowest BCUT2D eigenvalue weighted by Gasteiger charge is -2.14. The molecule has 0 aliphatic heterocycles. The van der Waals surface area contributed by atoms with Crippen molar-refractivity contribution in [1.29, 1.82) is 0 Å². The summed E-state index contributed by atoms with van der Waals surface area (Å²) in [5.41, 5.74) is 2.97. The van der Waals surface area contributed by atoms with Crippen LogP contribution in [0.4, 0.5) is 5.95 Å². The molecule has 1 atom stereocenters. The van der Waals surface area contributed by atoms with Gasteiger partial charge in [-0.2, -0.15) is 0 Å². The first-order valence-corrected chi connectivity index (χ1v) is 10.5. The highest BCUT2D eigenvalue weighted by molar-refractivity contribution is 7.17. The molecule has 0 aliphatic carbocycles. The number of aromatic nitrogens is 4. The number of pyridine rings is 2. The van der Waals surface area contributed by atoms with E-state index in [0.29, 0.717) is 30.4 Å². The maximum Gasteiger partial charge on any atom is 0.224 e. The van der Waals surface area contributed by atoms with Crippen LogP contribution < -0.4 is 10.1 Å². The van der Waals surface area contributed by atoms with Gasteiger partial charge < -0.3 is 10.1 Å². The van der Waals surface area contributed by atoms with E-state index in [4.69, 9.17) is 4.74 Å². The molecule has 0 saturated carbocycles. The van der Waals surface area contributed by atoms with Crippen LogP contribution >= 0.6 is 11.3 Å². The van der Waals surface area contributed by atoms with Gasteiger partial charge in [0.2, 0.25) is 11.8 Å². The van der Waals surface area contributed by atoms with Crippen LogP contribution in [0.25, 0.3) is 10.2 Å². The summed E-state index contributed by atoms with van der Waals surface area (Å²) in [7, 11) is 1.58. The zero-order valence-corrected chi connectivity index (χ0v) is 17.5. The van der Waals surface area contributed by atoms with Gasteiger partial charge in [-0.3, -0.25) is 9.78 Å². The molecule has 30 heavy (non-hydrogen) atoms. The first-order valence-electron chi connectivity index (χ1n) is 9.59. The van der Waals surface area contributed by atoms with Gasteiger partial charge in [0.1, 0.15) is 5.69 Å². The van der Waals surface area contributed by atoms with Crippen LogP contribution in [-0.2, 0) is 6.42 Å². The Morgan fingerprint density at radius 1 is 1.13 bits per heavy atom. The predicted octanol–water partition coefficient (Wildman–Crippen LogP) is 4.48. The lowest BCUT2D eigenvalue weighted by Crippen LogP contribution is -2.13. The number of anilines is 1. The van der Waals surface area contributed by atoms with Crippen molar-refractivity contribution in [3.8, 4) is 5.88 Å². The van der Waals surface area contributed by atoms with Crippen molar-refractivity contribution < 1.29 is 9.53 Å². The minimum Gasteiger partial charge on any atom is -0.481 e. The topological polar surface area (TPSA) is 89.9 Å². The van der Waals surface area contributed by atoms with Gasteiger partial charge >= 0.3 is 0 Å². The van der Waals surface area contributed by atoms with E-state index in [2.05, 4.69) is 25.3 Å². The largest absolute Gasteiger partial charge is 0.481 e. The zero-order valence-electron chi connectivity index (χ0n) is 16.7. The molecule has 7 nitrogen and oxygen atoms in total. The summed E-state index contributed by atoms with van der Waals surface area (Å²) in [6.07, 6.45) is 4.25. The van der Waals surface area contributed by atoms with E-state index in [9.17, 15) is 4.79 Å². The highest BCUT2D eigenvalue weighted by Crippen LogP contribution is 2.27. The predicted molar refractivity (Wildman–Crippen MR) is 117 cm³/mol. The molecule has 0 unspecified atom stereocenters.